The van der Waals surface area contributed by atoms with E-state index in [4.69, 9.17) is 5.73 Å². The highest BCUT2D eigenvalue weighted by Crippen LogP contribution is 2.15. The van der Waals surface area contributed by atoms with Crippen LogP contribution >= 0.6 is 0 Å². The van der Waals surface area contributed by atoms with Crippen molar-refractivity contribution in [2.24, 2.45) is 0 Å². The van der Waals surface area contributed by atoms with Gasteiger partial charge in [-0.15, -0.1) is 10.2 Å². The summed E-state index contributed by atoms with van der Waals surface area (Å²) in [5.74, 6) is 1.14. The van der Waals surface area contributed by atoms with Crippen molar-refractivity contribution in [1.82, 2.24) is 40.0 Å². The van der Waals surface area contributed by atoms with Crippen molar-refractivity contribution in [3.05, 3.63) is 66.0 Å². The Bertz CT molecular complexity index is 1070. The summed E-state index contributed by atoms with van der Waals surface area (Å²) in [7, 11) is 0. The van der Waals surface area contributed by atoms with Crippen molar-refractivity contribution in [3.8, 4) is 11.3 Å². The van der Waals surface area contributed by atoms with E-state index in [-0.39, 0.29) is 0 Å². The van der Waals surface area contributed by atoms with Gasteiger partial charge in [0.1, 0.15) is 17.3 Å². The van der Waals surface area contributed by atoms with Crippen LogP contribution in [0.1, 0.15) is 29.9 Å². The molecule has 0 atom stereocenters. The lowest BCUT2D eigenvalue weighted by Gasteiger charge is -2.04. The number of hydrogen-bond acceptors (Lipinski definition) is 7. The van der Waals surface area contributed by atoms with Crippen LogP contribution in [-0.4, -0.2) is 40.0 Å². The summed E-state index contributed by atoms with van der Waals surface area (Å²) in [6, 6.07) is 10.1. The summed E-state index contributed by atoms with van der Waals surface area (Å²) in [6.07, 6.45) is 8.51. The zero-order chi connectivity index (χ0) is 20.1. The first-order valence-corrected chi connectivity index (χ1v) is 9.60. The monoisotopic (exact) mass is 389 g/mol. The predicted octanol–water partition coefficient (Wildman–Crippen LogP) is 2.29. The van der Waals surface area contributed by atoms with Gasteiger partial charge in [0.05, 0.1) is 18.4 Å². The van der Waals surface area contributed by atoms with E-state index in [0.29, 0.717) is 18.2 Å². The second kappa shape index (κ2) is 8.59. The quantitative estimate of drug-likeness (QED) is 0.460. The first kappa shape index (κ1) is 18.7. The molecule has 0 fully saturated rings. The number of nitrogen functional groups attached to an aromatic ring is 1. The second-order valence-corrected chi connectivity index (χ2v) is 6.93. The van der Waals surface area contributed by atoms with Crippen LogP contribution in [-0.2, 0) is 19.5 Å². The lowest BCUT2D eigenvalue weighted by atomic mass is 10.2. The van der Waals surface area contributed by atoms with Gasteiger partial charge in [-0.25, -0.2) is 14.6 Å². The number of benzene rings is 1. The van der Waals surface area contributed by atoms with E-state index >= 15 is 0 Å². The molecule has 9 heteroatoms. The standard InChI is InChI=1S/C20H23N9/c1-15-22-11-17(20(21)23-15)12-29-13-18(24-26-29)9-5-6-10-28-14-19(25-27-28)16-7-3-2-4-8-16/h2-4,7-8,11,13-14H,5-6,9-10,12H2,1H3,(H2,21,22,23). The molecule has 3 heterocycles. The largest absolute Gasteiger partial charge is 0.383 e. The SMILES string of the molecule is Cc1ncc(Cn2cc(CCCCn3cc(-c4ccccc4)nn3)nn2)c(N)n1. The van der Waals surface area contributed by atoms with Gasteiger partial charge >= 0.3 is 0 Å². The molecule has 3 aromatic heterocycles. The van der Waals surface area contributed by atoms with Gasteiger partial charge in [0.25, 0.3) is 0 Å². The Morgan fingerprint density at radius 2 is 1.79 bits per heavy atom. The Hall–Kier alpha value is -3.62. The summed E-state index contributed by atoms with van der Waals surface area (Å²) >= 11 is 0. The molecule has 148 valence electrons. The third-order valence-electron chi connectivity index (χ3n) is 4.62. The fourth-order valence-electron chi connectivity index (χ4n) is 3.07. The maximum Gasteiger partial charge on any atom is 0.132 e. The molecule has 0 radical (unpaired) electrons. The third kappa shape index (κ3) is 4.81. The Labute approximate surface area is 168 Å². The molecule has 0 bridgehead atoms. The van der Waals surface area contributed by atoms with Crippen LogP contribution < -0.4 is 5.73 Å². The number of nitrogens with zero attached hydrogens (tertiary/aromatic N) is 8. The molecule has 2 N–H and O–H groups in total. The minimum absolute atomic E-state index is 0.484. The van der Waals surface area contributed by atoms with Gasteiger partial charge in [-0.1, -0.05) is 40.8 Å². The average Bonchev–Trinajstić information content (AvgIpc) is 3.38. The Kier molecular flexibility index (Phi) is 5.55. The van der Waals surface area contributed by atoms with Gasteiger partial charge in [0.2, 0.25) is 0 Å². The van der Waals surface area contributed by atoms with Crippen LogP contribution in [0.2, 0.25) is 0 Å². The van der Waals surface area contributed by atoms with Crippen LogP contribution in [0.4, 0.5) is 5.82 Å². The highest BCUT2D eigenvalue weighted by atomic mass is 15.4. The molecule has 0 saturated heterocycles. The summed E-state index contributed by atoms with van der Waals surface area (Å²) in [4.78, 5) is 8.37. The molecule has 29 heavy (non-hydrogen) atoms. The van der Waals surface area contributed by atoms with Crippen LogP contribution in [0.3, 0.4) is 0 Å². The number of aryl methyl sites for hydroxylation is 3. The van der Waals surface area contributed by atoms with E-state index in [2.05, 4.69) is 30.6 Å². The maximum atomic E-state index is 5.94. The number of rotatable bonds is 8. The van der Waals surface area contributed by atoms with Crippen molar-refractivity contribution in [2.75, 3.05) is 5.73 Å². The highest BCUT2D eigenvalue weighted by Gasteiger charge is 2.07. The van der Waals surface area contributed by atoms with Gasteiger partial charge < -0.3 is 5.73 Å². The van der Waals surface area contributed by atoms with Crippen LogP contribution in [0.25, 0.3) is 11.3 Å². The van der Waals surface area contributed by atoms with Crippen LogP contribution in [0.5, 0.6) is 0 Å². The van der Waals surface area contributed by atoms with Crippen molar-refractivity contribution in [3.63, 3.8) is 0 Å². The second-order valence-electron chi connectivity index (χ2n) is 6.93. The fraction of sp³-hybridized carbons (Fsp3) is 0.300. The Morgan fingerprint density at radius 1 is 0.966 bits per heavy atom. The van der Waals surface area contributed by atoms with Gasteiger partial charge in [0, 0.05) is 30.1 Å². The topological polar surface area (TPSA) is 113 Å². The molecule has 0 unspecified atom stereocenters. The summed E-state index contributed by atoms with van der Waals surface area (Å²) < 4.78 is 3.66. The van der Waals surface area contributed by atoms with Crippen molar-refractivity contribution < 1.29 is 0 Å². The van der Waals surface area contributed by atoms with Crippen LogP contribution in [0, 0.1) is 6.92 Å². The molecular formula is C20H23N9. The summed E-state index contributed by atoms with van der Waals surface area (Å²) in [5, 5.41) is 16.9. The first-order valence-electron chi connectivity index (χ1n) is 9.60. The molecule has 0 saturated carbocycles. The normalized spacial score (nSPS) is 11.1. The zero-order valence-corrected chi connectivity index (χ0v) is 16.3. The molecule has 0 aliphatic rings. The van der Waals surface area contributed by atoms with E-state index in [0.717, 1.165) is 48.3 Å². The number of anilines is 1. The van der Waals surface area contributed by atoms with Gasteiger partial charge in [0.15, 0.2) is 0 Å². The lowest BCUT2D eigenvalue weighted by molar-refractivity contribution is 0.539. The van der Waals surface area contributed by atoms with Crippen LogP contribution in [0.15, 0.2) is 48.9 Å². The maximum absolute atomic E-state index is 5.94. The van der Waals surface area contributed by atoms with Crippen molar-refractivity contribution in [2.45, 2.75) is 39.3 Å². The van der Waals surface area contributed by atoms with Gasteiger partial charge in [-0.2, -0.15) is 0 Å². The predicted molar refractivity (Wildman–Crippen MR) is 109 cm³/mol. The molecule has 0 aliphatic carbocycles. The number of aromatic nitrogens is 8. The smallest absolute Gasteiger partial charge is 0.132 e. The molecule has 0 spiro atoms. The van der Waals surface area contributed by atoms with E-state index in [1.54, 1.807) is 10.9 Å². The van der Waals surface area contributed by atoms with Crippen molar-refractivity contribution >= 4 is 5.82 Å². The van der Waals surface area contributed by atoms with E-state index < -0.39 is 0 Å². The van der Waals surface area contributed by atoms with E-state index in [1.165, 1.54) is 0 Å². The zero-order valence-electron chi connectivity index (χ0n) is 16.3. The molecule has 4 rings (SSSR count). The Morgan fingerprint density at radius 3 is 2.62 bits per heavy atom. The number of hydrogen-bond donors (Lipinski definition) is 1. The minimum Gasteiger partial charge on any atom is -0.383 e. The number of nitrogens with two attached hydrogens (primary N) is 1. The number of unbranched alkanes of at least 4 members (excludes halogenated alkanes) is 1. The molecular weight excluding hydrogens is 366 g/mol. The molecule has 4 aromatic rings. The summed E-state index contributed by atoms with van der Waals surface area (Å²) in [5.41, 5.74) is 9.72. The highest BCUT2D eigenvalue weighted by molar-refractivity contribution is 5.57. The van der Waals surface area contributed by atoms with Gasteiger partial charge in [-0.05, 0) is 26.2 Å². The average molecular weight is 389 g/mol. The molecule has 1 aromatic carbocycles. The summed E-state index contributed by atoms with van der Waals surface area (Å²) in [6.45, 7) is 3.15. The third-order valence-corrected chi connectivity index (χ3v) is 4.62. The molecule has 0 aliphatic heterocycles. The van der Waals surface area contributed by atoms with E-state index in [9.17, 15) is 0 Å². The molecule has 9 nitrogen and oxygen atoms in total. The first-order chi connectivity index (χ1) is 14.2. The lowest BCUT2D eigenvalue weighted by Crippen LogP contribution is -2.07. The Balaban J connectivity index is 1.25. The van der Waals surface area contributed by atoms with E-state index in [1.807, 2.05) is 54.3 Å². The molecule has 0 amide bonds. The minimum atomic E-state index is 0.484. The van der Waals surface area contributed by atoms with Gasteiger partial charge in [-0.3, -0.25) is 4.68 Å². The van der Waals surface area contributed by atoms with Crippen molar-refractivity contribution in [1.29, 1.82) is 0 Å². The fourth-order valence-corrected chi connectivity index (χ4v) is 3.07.